The normalized spacial score (nSPS) is 21.2. The lowest BCUT2D eigenvalue weighted by Gasteiger charge is -2.23. The van der Waals surface area contributed by atoms with Crippen molar-refractivity contribution in [2.75, 3.05) is 11.9 Å². The quantitative estimate of drug-likeness (QED) is 0.857. The van der Waals surface area contributed by atoms with Gasteiger partial charge in [0.05, 0.1) is 10.9 Å². The van der Waals surface area contributed by atoms with Crippen molar-refractivity contribution in [3.63, 3.8) is 0 Å². The molecule has 1 N–H and O–H groups in total. The predicted octanol–water partition coefficient (Wildman–Crippen LogP) is 3.67. The van der Waals surface area contributed by atoms with Gasteiger partial charge in [0.25, 0.3) is 0 Å². The Morgan fingerprint density at radius 2 is 2.04 bits per heavy atom. The van der Waals surface area contributed by atoms with Crippen LogP contribution in [0.5, 0.6) is 5.75 Å². The summed E-state index contributed by atoms with van der Waals surface area (Å²) in [4.78, 5) is 26.4. The maximum absolute atomic E-state index is 12.4. The van der Waals surface area contributed by atoms with E-state index in [-0.39, 0.29) is 35.0 Å². The molecular formula is C17H19ClF2N2O3. The van der Waals surface area contributed by atoms with Gasteiger partial charge < -0.3 is 15.0 Å². The van der Waals surface area contributed by atoms with Gasteiger partial charge in [-0.15, -0.1) is 0 Å². The molecule has 0 bridgehead atoms. The lowest BCUT2D eigenvalue weighted by molar-refractivity contribution is -0.129. The average molecular weight is 373 g/mol. The number of anilines is 1. The van der Waals surface area contributed by atoms with Gasteiger partial charge in [-0.05, 0) is 31.0 Å². The van der Waals surface area contributed by atoms with E-state index in [4.69, 9.17) is 11.6 Å². The van der Waals surface area contributed by atoms with E-state index in [0.29, 0.717) is 12.2 Å². The predicted molar refractivity (Wildman–Crippen MR) is 88.8 cm³/mol. The highest BCUT2D eigenvalue weighted by atomic mass is 35.5. The minimum Gasteiger partial charge on any atom is -0.433 e. The Balaban J connectivity index is 1.60. The molecule has 1 saturated heterocycles. The van der Waals surface area contributed by atoms with E-state index in [1.165, 1.54) is 18.2 Å². The fourth-order valence-electron chi connectivity index (χ4n) is 3.49. The van der Waals surface area contributed by atoms with Crippen LogP contribution in [0.15, 0.2) is 18.2 Å². The number of likely N-dealkylation sites (tertiary alicyclic amines) is 1. The summed E-state index contributed by atoms with van der Waals surface area (Å²) in [5, 5.41) is 2.67. The number of ether oxygens (including phenoxy) is 1. The van der Waals surface area contributed by atoms with E-state index in [1.54, 1.807) is 0 Å². The van der Waals surface area contributed by atoms with Crippen molar-refractivity contribution >= 4 is 29.1 Å². The molecule has 3 rings (SSSR count). The van der Waals surface area contributed by atoms with Crippen molar-refractivity contribution in [1.82, 2.24) is 4.90 Å². The van der Waals surface area contributed by atoms with Gasteiger partial charge in [0, 0.05) is 24.7 Å². The van der Waals surface area contributed by atoms with Crippen LogP contribution in [0.25, 0.3) is 0 Å². The second-order valence-electron chi connectivity index (χ2n) is 6.40. The average Bonchev–Trinajstić information content (AvgIpc) is 3.18. The van der Waals surface area contributed by atoms with E-state index in [0.717, 1.165) is 25.7 Å². The summed E-state index contributed by atoms with van der Waals surface area (Å²) < 4.78 is 28.7. The van der Waals surface area contributed by atoms with Crippen LogP contribution >= 0.6 is 11.6 Å². The summed E-state index contributed by atoms with van der Waals surface area (Å²) >= 11 is 5.88. The number of benzene rings is 1. The number of rotatable bonds is 5. The summed E-state index contributed by atoms with van der Waals surface area (Å²) in [5.41, 5.74) is 0.378. The molecule has 1 unspecified atom stereocenters. The zero-order valence-corrected chi connectivity index (χ0v) is 14.3. The maximum Gasteiger partial charge on any atom is 0.387 e. The standard InChI is InChI=1S/C17H19ClF2N2O3/c18-13-8-11(5-6-14(13)25-17(19)20)21-16(24)10-7-15(23)22(9-10)12-3-1-2-4-12/h5-6,8,10,12,17H,1-4,7,9H2,(H,21,24). The van der Waals surface area contributed by atoms with E-state index in [9.17, 15) is 18.4 Å². The number of hydrogen-bond donors (Lipinski definition) is 1. The number of alkyl halides is 2. The van der Waals surface area contributed by atoms with Gasteiger partial charge in [-0.2, -0.15) is 8.78 Å². The summed E-state index contributed by atoms with van der Waals surface area (Å²) in [6.45, 7) is -2.54. The van der Waals surface area contributed by atoms with Gasteiger partial charge in [0.1, 0.15) is 5.75 Å². The molecule has 0 spiro atoms. The highest BCUT2D eigenvalue weighted by Crippen LogP contribution is 2.31. The van der Waals surface area contributed by atoms with Crippen LogP contribution < -0.4 is 10.1 Å². The fourth-order valence-corrected chi connectivity index (χ4v) is 3.72. The van der Waals surface area contributed by atoms with Crippen LogP contribution in [0, 0.1) is 5.92 Å². The number of carbonyl (C=O) groups excluding carboxylic acids is 2. The number of nitrogens with zero attached hydrogens (tertiary/aromatic N) is 1. The van der Waals surface area contributed by atoms with Gasteiger partial charge >= 0.3 is 6.61 Å². The molecule has 1 atom stereocenters. The molecule has 2 fully saturated rings. The Kier molecular flexibility index (Phi) is 5.42. The fraction of sp³-hybridized carbons (Fsp3) is 0.529. The van der Waals surface area contributed by atoms with Gasteiger partial charge in [-0.25, -0.2) is 0 Å². The molecule has 1 aliphatic heterocycles. The van der Waals surface area contributed by atoms with Crippen molar-refractivity contribution < 1.29 is 23.1 Å². The molecule has 1 saturated carbocycles. The van der Waals surface area contributed by atoms with E-state index in [2.05, 4.69) is 10.1 Å². The maximum atomic E-state index is 12.4. The molecule has 1 aromatic carbocycles. The van der Waals surface area contributed by atoms with Crippen molar-refractivity contribution in [2.24, 2.45) is 5.92 Å². The molecule has 0 aromatic heterocycles. The van der Waals surface area contributed by atoms with Crippen LogP contribution in [0.3, 0.4) is 0 Å². The van der Waals surface area contributed by atoms with Crippen LogP contribution in [0.4, 0.5) is 14.5 Å². The van der Waals surface area contributed by atoms with Crippen molar-refractivity contribution in [3.8, 4) is 5.75 Å². The van der Waals surface area contributed by atoms with Crippen LogP contribution in [0.1, 0.15) is 32.1 Å². The smallest absolute Gasteiger partial charge is 0.387 e. The van der Waals surface area contributed by atoms with Crippen LogP contribution in [-0.2, 0) is 9.59 Å². The molecule has 1 aliphatic carbocycles. The van der Waals surface area contributed by atoms with Crippen molar-refractivity contribution in [2.45, 2.75) is 44.8 Å². The zero-order valence-electron chi connectivity index (χ0n) is 13.5. The molecule has 2 aliphatic rings. The van der Waals surface area contributed by atoms with Gasteiger partial charge in [0.2, 0.25) is 11.8 Å². The first-order chi connectivity index (χ1) is 11.9. The third kappa shape index (κ3) is 4.21. The monoisotopic (exact) mass is 372 g/mol. The van der Waals surface area contributed by atoms with Crippen molar-refractivity contribution in [3.05, 3.63) is 23.2 Å². The Morgan fingerprint density at radius 1 is 1.32 bits per heavy atom. The van der Waals surface area contributed by atoms with E-state index < -0.39 is 12.5 Å². The summed E-state index contributed by atoms with van der Waals surface area (Å²) in [7, 11) is 0. The molecular weight excluding hydrogens is 354 g/mol. The van der Waals surface area contributed by atoms with Gasteiger partial charge in [0.15, 0.2) is 0 Å². The Bertz CT molecular complexity index is 665. The molecule has 1 aromatic rings. The zero-order chi connectivity index (χ0) is 18.0. The molecule has 1 heterocycles. The molecule has 2 amide bonds. The van der Waals surface area contributed by atoms with Crippen molar-refractivity contribution in [1.29, 1.82) is 0 Å². The van der Waals surface area contributed by atoms with Gasteiger partial charge in [-0.3, -0.25) is 9.59 Å². The summed E-state index contributed by atoms with van der Waals surface area (Å²) in [6, 6.07) is 4.32. The second-order valence-corrected chi connectivity index (χ2v) is 6.81. The number of carbonyl (C=O) groups is 2. The molecule has 5 nitrogen and oxygen atoms in total. The first kappa shape index (κ1) is 17.9. The Hall–Kier alpha value is -1.89. The number of amides is 2. The number of halogens is 3. The highest BCUT2D eigenvalue weighted by Gasteiger charge is 2.38. The largest absolute Gasteiger partial charge is 0.433 e. The number of hydrogen-bond acceptors (Lipinski definition) is 3. The molecule has 25 heavy (non-hydrogen) atoms. The van der Waals surface area contributed by atoms with Gasteiger partial charge in [-0.1, -0.05) is 24.4 Å². The summed E-state index contributed by atoms with van der Waals surface area (Å²) in [5.74, 6) is -0.819. The minimum atomic E-state index is -2.97. The summed E-state index contributed by atoms with van der Waals surface area (Å²) in [6.07, 6.45) is 4.44. The van der Waals surface area contributed by atoms with Crippen LogP contribution in [-0.4, -0.2) is 35.9 Å². The first-order valence-corrected chi connectivity index (χ1v) is 8.66. The van der Waals surface area contributed by atoms with E-state index >= 15 is 0 Å². The van der Waals surface area contributed by atoms with Crippen LogP contribution in [0.2, 0.25) is 5.02 Å². The Labute approximate surface area is 149 Å². The molecule has 8 heteroatoms. The lowest BCUT2D eigenvalue weighted by Crippen LogP contribution is -2.35. The second kappa shape index (κ2) is 7.56. The topological polar surface area (TPSA) is 58.6 Å². The third-order valence-corrected chi connectivity index (χ3v) is 5.01. The molecule has 0 radical (unpaired) electrons. The first-order valence-electron chi connectivity index (χ1n) is 8.28. The highest BCUT2D eigenvalue weighted by molar-refractivity contribution is 6.32. The Morgan fingerprint density at radius 3 is 2.68 bits per heavy atom. The SMILES string of the molecule is O=C(Nc1ccc(OC(F)F)c(Cl)c1)C1CC(=O)N(C2CCCC2)C1. The number of nitrogens with one attached hydrogen (secondary N) is 1. The minimum absolute atomic E-state index is 0.0192. The molecule has 136 valence electrons. The lowest BCUT2D eigenvalue weighted by atomic mass is 10.1. The third-order valence-electron chi connectivity index (χ3n) is 4.71. The van der Waals surface area contributed by atoms with E-state index in [1.807, 2.05) is 4.90 Å².